The van der Waals surface area contributed by atoms with Gasteiger partial charge in [-0.25, -0.2) is 0 Å². The Bertz CT molecular complexity index is 778. The molecule has 0 saturated carbocycles. The Labute approximate surface area is 154 Å². The molecular formula is C24H30Si. The number of benzene rings is 2. The number of allylic oxidation sites excluding steroid dienone is 4. The van der Waals surface area contributed by atoms with Crippen molar-refractivity contribution in [3.05, 3.63) is 82.0 Å². The Morgan fingerprint density at radius 2 is 0.880 bits per heavy atom. The molecule has 1 aliphatic carbocycles. The molecule has 0 atom stereocenters. The van der Waals surface area contributed by atoms with Gasteiger partial charge in [0.2, 0.25) is 0 Å². The molecule has 3 rings (SSSR count). The monoisotopic (exact) mass is 346 g/mol. The molecule has 25 heavy (non-hydrogen) atoms. The highest BCUT2D eigenvalue weighted by Gasteiger charge is 2.45. The first-order valence-corrected chi connectivity index (χ1v) is 11.0. The lowest BCUT2D eigenvalue weighted by atomic mass is 9.98. The second kappa shape index (κ2) is 6.46. The fraction of sp³-hybridized carbons (Fsp3) is 0.333. The smallest absolute Gasteiger partial charge is 0.0626 e. The summed E-state index contributed by atoms with van der Waals surface area (Å²) < 4.78 is 0. The highest BCUT2D eigenvalue weighted by Crippen LogP contribution is 2.53. The van der Waals surface area contributed by atoms with E-state index in [1.54, 1.807) is 11.1 Å². The van der Waals surface area contributed by atoms with E-state index >= 15 is 0 Å². The molecule has 2 aromatic rings. The van der Waals surface area contributed by atoms with Gasteiger partial charge < -0.3 is 0 Å². The van der Waals surface area contributed by atoms with Crippen molar-refractivity contribution in [1.82, 2.24) is 0 Å². The number of hydrogen-bond donors (Lipinski definition) is 0. The lowest BCUT2D eigenvalue weighted by Gasteiger charge is -2.38. The molecular weight excluding hydrogens is 316 g/mol. The van der Waals surface area contributed by atoms with Crippen molar-refractivity contribution in [2.75, 3.05) is 0 Å². The third-order valence-electron chi connectivity index (χ3n) is 6.64. The molecule has 0 amide bonds. The predicted molar refractivity (Wildman–Crippen MR) is 114 cm³/mol. The zero-order chi connectivity index (χ0) is 18.4. The van der Waals surface area contributed by atoms with Crippen LogP contribution in [0.25, 0.3) is 0 Å². The molecule has 0 N–H and O–H groups in total. The van der Waals surface area contributed by atoms with E-state index < -0.39 is 8.80 Å². The zero-order valence-electron chi connectivity index (χ0n) is 16.7. The summed E-state index contributed by atoms with van der Waals surface area (Å²) in [6.07, 6.45) is 0. The number of hydrogen-bond acceptors (Lipinski definition) is 0. The van der Waals surface area contributed by atoms with Gasteiger partial charge in [-0.2, -0.15) is 0 Å². The predicted octanol–water partition coefficient (Wildman–Crippen LogP) is 5.09. The van der Waals surface area contributed by atoms with Crippen LogP contribution in [0.5, 0.6) is 0 Å². The average molecular weight is 347 g/mol. The largest absolute Gasteiger partial charge is 0.116 e. The van der Waals surface area contributed by atoms with Gasteiger partial charge in [0.25, 0.3) is 0 Å². The van der Waals surface area contributed by atoms with Crippen LogP contribution >= 0.6 is 0 Å². The topological polar surface area (TPSA) is 0 Å². The maximum Gasteiger partial charge on any atom is 0.116 e. The van der Waals surface area contributed by atoms with E-state index in [4.69, 9.17) is 0 Å². The quantitative estimate of drug-likeness (QED) is 0.679. The van der Waals surface area contributed by atoms with Crippen LogP contribution in [0.15, 0.2) is 70.8 Å². The molecule has 1 aliphatic rings. The van der Waals surface area contributed by atoms with Gasteiger partial charge >= 0.3 is 0 Å². The lowest BCUT2D eigenvalue weighted by Crippen LogP contribution is -2.51. The highest BCUT2D eigenvalue weighted by molar-refractivity contribution is 6.88. The molecule has 0 heterocycles. The number of rotatable bonds is 3. The van der Waals surface area contributed by atoms with Gasteiger partial charge in [-0.05, 0) is 52.7 Å². The molecule has 0 saturated heterocycles. The van der Waals surface area contributed by atoms with Crippen LogP contribution in [0.2, 0.25) is 5.04 Å². The summed E-state index contributed by atoms with van der Waals surface area (Å²) in [5, 5.41) is 3.25. The fourth-order valence-electron chi connectivity index (χ4n) is 4.43. The van der Waals surface area contributed by atoms with Crippen molar-refractivity contribution in [1.29, 1.82) is 0 Å². The Balaban J connectivity index is 2.25. The van der Waals surface area contributed by atoms with Crippen molar-refractivity contribution < 1.29 is 0 Å². The fourth-order valence-corrected chi connectivity index (χ4v) is 8.60. The average Bonchev–Trinajstić information content (AvgIpc) is 2.75. The summed E-state index contributed by atoms with van der Waals surface area (Å²) in [5.41, 5.74) is 8.81. The molecule has 0 aliphatic heterocycles. The van der Waals surface area contributed by atoms with E-state index in [0.29, 0.717) is 0 Å². The Morgan fingerprint density at radius 1 is 0.560 bits per heavy atom. The minimum Gasteiger partial charge on any atom is -0.0626 e. The zero-order valence-corrected chi connectivity index (χ0v) is 17.9. The standard InChI is InChI=1S/C24H30Si/c1-16-8-12-22(13-9-16)25(23-14-10-17(2)11-15-23)24(7)20(5)18(3)19(4)21(24)6/h8-15,25H,1-7H3. The summed E-state index contributed by atoms with van der Waals surface area (Å²) in [6, 6.07) is 18.6. The molecule has 2 aromatic carbocycles. The molecule has 0 unspecified atom stereocenters. The van der Waals surface area contributed by atoms with Crippen LogP contribution in [-0.4, -0.2) is 8.80 Å². The van der Waals surface area contributed by atoms with E-state index in [9.17, 15) is 0 Å². The van der Waals surface area contributed by atoms with Crippen LogP contribution in [-0.2, 0) is 0 Å². The van der Waals surface area contributed by atoms with Crippen molar-refractivity contribution in [2.24, 2.45) is 0 Å². The van der Waals surface area contributed by atoms with Crippen molar-refractivity contribution >= 4 is 19.2 Å². The normalized spacial score (nSPS) is 17.0. The molecule has 0 radical (unpaired) electrons. The van der Waals surface area contributed by atoms with Crippen LogP contribution < -0.4 is 10.4 Å². The lowest BCUT2D eigenvalue weighted by molar-refractivity contribution is 0.824. The summed E-state index contributed by atoms with van der Waals surface area (Å²) in [5.74, 6) is 0. The van der Waals surface area contributed by atoms with Crippen LogP contribution in [0.1, 0.15) is 45.7 Å². The second-order valence-corrected chi connectivity index (χ2v) is 11.3. The van der Waals surface area contributed by atoms with E-state index in [1.165, 1.54) is 32.6 Å². The van der Waals surface area contributed by atoms with Gasteiger partial charge in [-0.15, -0.1) is 0 Å². The summed E-state index contributed by atoms with van der Waals surface area (Å²) in [7, 11) is -1.47. The van der Waals surface area contributed by atoms with Gasteiger partial charge in [-0.1, -0.05) is 88.1 Å². The highest BCUT2D eigenvalue weighted by atomic mass is 28.3. The SMILES string of the molecule is CC1=C(C)C(C)([SiH](c2ccc(C)cc2)c2ccc(C)cc2)C(C)=C1C. The first-order valence-electron chi connectivity index (χ1n) is 9.26. The van der Waals surface area contributed by atoms with E-state index in [0.717, 1.165) is 0 Å². The van der Waals surface area contributed by atoms with Crippen LogP contribution in [0.3, 0.4) is 0 Å². The Kier molecular flexibility index (Phi) is 4.63. The first kappa shape index (κ1) is 17.9. The van der Waals surface area contributed by atoms with Crippen molar-refractivity contribution in [3.63, 3.8) is 0 Å². The minimum atomic E-state index is -1.47. The van der Waals surface area contributed by atoms with Gasteiger partial charge in [0.15, 0.2) is 0 Å². The van der Waals surface area contributed by atoms with Gasteiger partial charge in [-0.3, -0.25) is 0 Å². The molecule has 0 bridgehead atoms. The molecule has 0 nitrogen and oxygen atoms in total. The van der Waals surface area contributed by atoms with Gasteiger partial charge in [0.05, 0.1) is 0 Å². The number of aryl methyl sites for hydroxylation is 2. The van der Waals surface area contributed by atoms with Crippen LogP contribution in [0.4, 0.5) is 0 Å². The molecule has 0 spiro atoms. The summed E-state index contributed by atoms with van der Waals surface area (Å²) in [6.45, 7) is 16.2. The molecule has 0 fully saturated rings. The van der Waals surface area contributed by atoms with E-state index in [-0.39, 0.29) is 5.04 Å². The van der Waals surface area contributed by atoms with Crippen molar-refractivity contribution in [3.8, 4) is 0 Å². The third kappa shape index (κ3) is 2.85. The van der Waals surface area contributed by atoms with Crippen LogP contribution in [0, 0.1) is 13.8 Å². The first-order chi connectivity index (χ1) is 11.8. The Morgan fingerprint density at radius 3 is 1.20 bits per heavy atom. The molecule has 1 heteroatoms. The second-order valence-electron chi connectivity index (χ2n) is 7.96. The Hall–Kier alpha value is -1.86. The minimum absolute atomic E-state index is 0.165. The molecule has 130 valence electrons. The maximum atomic E-state index is 2.49. The van der Waals surface area contributed by atoms with Gasteiger partial charge in [0, 0.05) is 5.04 Å². The van der Waals surface area contributed by atoms with Crippen molar-refractivity contribution in [2.45, 2.75) is 53.5 Å². The van der Waals surface area contributed by atoms with E-state index in [1.807, 2.05) is 0 Å². The third-order valence-corrected chi connectivity index (χ3v) is 10.8. The summed E-state index contributed by atoms with van der Waals surface area (Å²) in [4.78, 5) is 0. The maximum absolute atomic E-state index is 2.49. The van der Waals surface area contributed by atoms with Gasteiger partial charge in [0.1, 0.15) is 8.80 Å². The molecule has 0 aromatic heterocycles. The van der Waals surface area contributed by atoms with E-state index in [2.05, 4.69) is 97.0 Å². The summed E-state index contributed by atoms with van der Waals surface area (Å²) >= 11 is 0.